The predicted molar refractivity (Wildman–Crippen MR) is 112 cm³/mol. The van der Waals surface area contributed by atoms with Crippen LogP contribution in [0.15, 0.2) is 23.1 Å². The molecule has 2 fully saturated rings. The van der Waals surface area contributed by atoms with Gasteiger partial charge in [0.15, 0.2) is 0 Å². The van der Waals surface area contributed by atoms with Crippen LogP contribution in [0.2, 0.25) is 0 Å². The van der Waals surface area contributed by atoms with E-state index < -0.39 is 10.0 Å². The summed E-state index contributed by atoms with van der Waals surface area (Å²) in [5, 5.41) is 6.13. The van der Waals surface area contributed by atoms with Crippen molar-refractivity contribution in [2.45, 2.75) is 43.4 Å². The van der Waals surface area contributed by atoms with Gasteiger partial charge in [0.2, 0.25) is 15.9 Å². The molecule has 0 saturated carbocycles. The summed E-state index contributed by atoms with van der Waals surface area (Å²) in [5.74, 6) is 0.755. The number of nitrogens with zero attached hydrogens (tertiary/aromatic N) is 1. The second kappa shape index (κ2) is 10.4. The third kappa shape index (κ3) is 5.59. The summed E-state index contributed by atoms with van der Waals surface area (Å²) in [4.78, 5) is 12.4. The zero-order valence-electron chi connectivity index (χ0n) is 16.3. The first-order valence-corrected chi connectivity index (χ1v) is 11.1. The lowest BCUT2D eigenvalue weighted by atomic mass is 10.0. The highest BCUT2D eigenvalue weighted by atomic mass is 35.5. The number of hydrogen-bond acceptors (Lipinski definition) is 5. The van der Waals surface area contributed by atoms with Gasteiger partial charge in [0.25, 0.3) is 0 Å². The van der Waals surface area contributed by atoms with Crippen molar-refractivity contribution in [2.75, 3.05) is 38.6 Å². The molecule has 9 heteroatoms. The lowest BCUT2D eigenvalue weighted by Gasteiger charge is -2.26. The summed E-state index contributed by atoms with van der Waals surface area (Å²) in [7, 11) is -2.18. The molecule has 0 spiro atoms. The number of ether oxygens (including phenoxy) is 1. The Kier molecular flexibility index (Phi) is 8.55. The molecule has 2 aliphatic heterocycles. The fourth-order valence-electron chi connectivity index (χ4n) is 3.72. The minimum atomic E-state index is -3.64. The van der Waals surface area contributed by atoms with E-state index in [2.05, 4.69) is 10.6 Å². The standard InChI is InChI=1S/C19H29N3O4S.ClH/c1-26-17-7-6-16(21-19(23)8-5-15-9-10-20-14-15)13-18(17)27(24,25)22-11-3-2-4-12-22;/h6-7,13,15,20H,2-5,8-12,14H2,1H3,(H,21,23);1H. The molecule has 28 heavy (non-hydrogen) atoms. The number of piperidine rings is 1. The molecular formula is C19H30ClN3O4S. The third-order valence-electron chi connectivity index (χ3n) is 5.32. The minimum Gasteiger partial charge on any atom is -0.495 e. The monoisotopic (exact) mass is 431 g/mol. The van der Waals surface area contributed by atoms with Gasteiger partial charge in [-0.3, -0.25) is 4.79 Å². The van der Waals surface area contributed by atoms with Gasteiger partial charge < -0.3 is 15.4 Å². The number of sulfonamides is 1. The Morgan fingerprint density at radius 2 is 2.04 bits per heavy atom. The summed E-state index contributed by atoms with van der Waals surface area (Å²) < 4.78 is 32.8. The Balaban J connectivity index is 0.00000280. The van der Waals surface area contributed by atoms with Crippen molar-refractivity contribution in [2.24, 2.45) is 5.92 Å². The van der Waals surface area contributed by atoms with Gasteiger partial charge in [0, 0.05) is 25.2 Å². The lowest BCUT2D eigenvalue weighted by molar-refractivity contribution is -0.116. The second-order valence-electron chi connectivity index (χ2n) is 7.28. The number of methoxy groups -OCH3 is 1. The number of benzene rings is 1. The van der Waals surface area contributed by atoms with Gasteiger partial charge >= 0.3 is 0 Å². The maximum absolute atomic E-state index is 13.0. The van der Waals surface area contributed by atoms with E-state index in [0.717, 1.165) is 45.2 Å². The number of anilines is 1. The average Bonchev–Trinajstić information content (AvgIpc) is 3.21. The first-order valence-electron chi connectivity index (χ1n) is 9.69. The van der Waals surface area contributed by atoms with Crippen LogP contribution in [0.1, 0.15) is 38.5 Å². The van der Waals surface area contributed by atoms with Crippen LogP contribution in [0.5, 0.6) is 5.75 Å². The SMILES string of the molecule is COc1ccc(NC(=O)CCC2CCNC2)cc1S(=O)(=O)N1CCCCC1.Cl. The van der Waals surface area contributed by atoms with Gasteiger partial charge in [-0.25, -0.2) is 8.42 Å². The maximum Gasteiger partial charge on any atom is 0.246 e. The Morgan fingerprint density at radius 3 is 2.68 bits per heavy atom. The molecular weight excluding hydrogens is 402 g/mol. The van der Waals surface area contributed by atoms with Gasteiger partial charge in [0.1, 0.15) is 10.6 Å². The number of nitrogens with one attached hydrogen (secondary N) is 2. The molecule has 2 saturated heterocycles. The minimum absolute atomic E-state index is 0. The Labute approximate surface area is 173 Å². The predicted octanol–water partition coefficient (Wildman–Crippen LogP) is 2.62. The molecule has 2 N–H and O–H groups in total. The summed E-state index contributed by atoms with van der Waals surface area (Å²) in [6.07, 6.45) is 5.17. The molecule has 3 rings (SSSR count). The Morgan fingerprint density at radius 1 is 1.29 bits per heavy atom. The van der Waals surface area contributed by atoms with Crippen molar-refractivity contribution in [3.63, 3.8) is 0 Å². The third-order valence-corrected chi connectivity index (χ3v) is 7.24. The first-order chi connectivity index (χ1) is 13.0. The molecule has 1 aromatic carbocycles. The molecule has 1 atom stereocenters. The summed E-state index contributed by atoms with van der Waals surface area (Å²) in [6, 6.07) is 4.80. The second-order valence-corrected chi connectivity index (χ2v) is 9.18. The largest absolute Gasteiger partial charge is 0.495 e. The molecule has 0 bridgehead atoms. The molecule has 1 aromatic rings. The van der Waals surface area contributed by atoms with Crippen LogP contribution in [0, 0.1) is 5.92 Å². The number of rotatable bonds is 7. The number of carbonyl (C=O) groups excluding carboxylic acids is 1. The number of carbonyl (C=O) groups is 1. The van der Waals surface area contributed by atoms with Gasteiger partial charge in [-0.2, -0.15) is 4.31 Å². The van der Waals surface area contributed by atoms with E-state index in [4.69, 9.17) is 4.74 Å². The van der Waals surface area contributed by atoms with E-state index in [1.165, 1.54) is 17.5 Å². The fourth-order valence-corrected chi connectivity index (χ4v) is 5.42. The van der Waals surface area contributed by atoms with Crippen molar-refractivity contribution < 1.29 is 17.9 Å². The number of amides is 1. The van der Waals surface area contributed by atoms with Crippen LogP contribution in [0.4, 0.5) is 5.69 Å². The van der Waals surface area contributed by atoms with E-state index >= 15 is 0 Å². The molecule has 1 amide bonds. The zero-order valence-corrected chi connectivity index (χ0v) is 17.9. The van der Waals surface area contributed by atoms with Crippen LogP contribution in [0.3, 0.4) is 0 Å². The van der Waals surface area contributed by atoms with Gasteiger partial charge in [-0.05, 0) is 62.9 Å². The first kappa shape index (κ1) is 22.9. The smallest absolute Gasteiger partial charge is 0.246 e. The highest BCUT2D eigenvalue weighted by molar-refractivity contribution is 7.89. The average molecular weight is 432 g/mol. The lowest BCUT2D eigenvalue weighted by Crippen LogP contribution is -2.35. The molecule has 2 heterocycles. The topological polar surface area (TPSA) is 87.7 Å². The zero-order chi connectivity index (χ0) is 19.3. The van der Waals surface area contributed by atoms with Gasteiger partial charge in [0.05, 0.1) is 7.11 Å². The quantitative estimate of drug-likeness (QED) is 0.692. The Hall–Kier alpha value is -1.35. The molecule has 1 unspecified atom stereocenters. The molecule has 158 valence electrons. The van der Waals surface area contributed by atoms with Crippen molar-refractivity contribution in [1.82, 2.24) is 9.62 Å². The fraction of sp³-hybridized carbons (Fsp3) is 0.632. The van der Waals surface area contributed by atoms with E-state index in [1.54, 1.807) is 12.1 Å². The van der Waals surface area contributed by atoms with E-state index in [1.807, 2.05) is 0 Å². The van der Waals surface area contributed by atoms with Crippen LogP contribution >= 0.6 is 12.4 Å². The molecule has 0 aliphatic carbocycles. The van der Waals surface area contributed by atoms with Gasteiger partial charge in [-0.15, -0.1) is 12.4 Å². The Bertz CT molecular complexity index is 760. The maximum atomic E-state index is 13.0. The normalized spacial score (nSPS) is 20.4. The van der Waals surface area contributed by atoms with E-state index in [0.29, 0.717) is 36.9 Å². The van der Waals surface area contributed by atoms with Crippen LogP contribution in [0.25, 0.3) is 0 Å². The number of halogens is 1. The molecule has 2 aliphatic rings. The van der Waals surface area contributed by atoms with Crippen molar-refractivity contribution >= 4 is 34.0 Å². The highest BCUT2D eigenvalue weighted by Gasteiger charge is 2.29. The van der Waals surface area contributed by atoms with Gasteiger partial charge in [-0.1, -0.05) is 6.42 Å². The number of hydrogen-bond donors (Lipinski definition) is 2. The summed E-state index contributed by atoms with van der Waals surface area (Å²) >= 11 is 0. The molecule has 0 radical (unpaired) electrons. The van der Waals surface area contributed by atoms with E-state index in [9.17, 15) is 13.2 Å². The van der Waals surface area contributed by atoms with Crippen LogP contribution < -0.4 is 15.4 Å². The summed E-state index contributed by atoms with van der Waals surface area (Å²) in [6.45, 7) is 3.03. The van der Waals surface area contributed by atoms with Crippen molar-refractivity contribution in [3.05, 3.63) is 18.2 Å². The van der Waals surface area contributed by atoms with Crippen molar-refractivity contribution in [3.8, 4) is 5.75 Å². The summed E-state index contributed by atoms with van der Waals surface area (Å²) in [5.41, 5.74) is 0.487. The molecule has 0 aromatic heterocycles. The van der Waals surface area contributed by atoms with Crippen LogP contribution in [-0.2, 0) is 14.8 Å². The molecule has 7 nitrogen and oxygen atoms in total. The highest BCUT2D eigenvalue weighted by Crippen LogP contribution is 2.31. The van der Waals surface area contributed by atoms with Crippen molar-refractivity contribution in [1.29, 1.82) is 0 Å². The van der Waals surface area contributed by atoms with E-state index in [-0.39, 0.29) is 23.2 Å². The van der Waals surface area contributed by atoms with Crippen LogP contribution in [-0.4, -0.2) is 51.9 Å².